The number of amides is 2. The van der Waals surface area contributed by atoms with Crippen LogP contribution in [-0.2, 0) is 14.3 Å². The molecule has 0 spiro atoms. The Hall–Kier alpha value is -2.31. The van der Waals surface area contributed by atoms with Crippen LogP contribution in [0.4, 0.5) is 0 Å². The molecule has 0 saturated carbocycles. The summed E-state index contributed by atoms with van der Waals surface area (Å²) < 4.78 is 9.96. The van der Waals surface area contributed by atoms with E-state index in [1.165, 1.54) is 23.0 Å². The van der Waals surface area contributed by atoms with E-state index >= 15 is 0 Å². The van der Waals surface area contributed by atoms with Crippen molar-refractivity contribution in [3.05, 3.63) is 23.7 Å². The van der Waals surface area contributed by atoms with Gasteiger partial charge in [0.1, 0.15) is 5.76 Å². The molecule has 114 valence electrons. The minimum atomic E-state index is -0.577. The molecule has 0 aromatic carbocycles. The zero-order valence-electron chi connectivity index (χ0n) is 12.3. The van der Waals surface area contributed by atoms with Crippen molar-refractivity contribution in [2.75, 3.05) is 26.7 Å². The van der Waals surface area contributed by atoms with Gasteiger partial charge in [-0.3, -0.25) is 9.59 Å². The Balaban J connectivity index is 2.15. The highest BCUT2D eigenvalue weighted by atomic mass is 16.5. The van der Waals surface area contributed by atoms with Crippen molar-refractivity contribution in [1.82, 2.24) is 9.80 Å². The van der Waals surface area contributed by atoms with Crippen LogP contribution in [0.3, 0.4) is 0 Å². The zero-order chi connectivity index (χ0) is 15.6. The monoisotopic (exact) mass is 294 g/mol. The second-order valence-electron chi connectivity index (χ2n) is 4.75. The van der Waals surface area contributed by atoms with Crippen LogP contribution in [0, 0.1) is 0 Å². The second-order valence-corrected chi connectivity index (χ2v) is 4.75. The van der Waals surface area contributed by atoms with Crippen LogP contribution < -0.4 is 0 Å². The van der Waals surface area contributed by atoms with Gasteiger partial charge in [-0.15, -0.1) is 0 Å². The lowest BCUT2D eigenvalue weighted by atomic mass is 10.1. The molecule has 2 heterocycles. The molecule has 0 aliphatic carbocycles. The predicted molar refractivity (Wildman–Crippen MR) is 72.4 cm³/mol. The third kappa shape index (κ3) is 2.76. The Kier molecular flexibility index (Phi) is 4.30. The van der Waals surface area contributed by atoms with E-state index in [0.29, 0.717) is 25.4 Å². The van der Waals surface area contributed by atoms with E-state index in [-0.39, 0.29) is 5.76 Å². The number of carbonyl (C=O) groups excluding carboxylic acids is 3. The maximum absolute atomic E-state index is 12.1. The van der Waals surface area contributed by atoms with Gasteiger partial charge in [0.15, 0.2) is 0 Å². The van der Waals surface area contributed by atoms with Gasteiger partial charge >= 0.3 is 17.8 Å². The Labute approximate surface area is 122 Å². The molecule has 1 aliphatic heterocycles. The summed E-state index contributed by atoms with van der Waals surface area (Å²) in [7, 11) is 1.26. The largest absolute Gasteiger partial charge is 0.463 e. The molecule has 1 aromatic rings. The number of piperazine rings is 1. The molecule has 21 heavy (non-hydrogen) atoms. The summed E-state index contributed by atoms with van der Waals surface area (Å²) in [4.78, 5) is 38.3. The first-order valence-corrected chi connectivity index (χ1v) is 6.77. The maximum atomic E-state index is 12.1. The summed E-state index contributed by atoms with van der Waals surface area (Å²) in [5.74, 6) is -1.11. The number of rotatable bonds is 4. The van der Waals surface area contributed by atoms with Gasteiger partial charge in [0.25, 0.3) is 0 Å². The summed E-state index contributed by atoms with van der Waals surface area (Å²) >= 11 is 0. The minimum Gasteiger partial charge on any atom is -0.463 e. The first-order valence-electron chi connectivity index (χ1n) is 6.77. The number of ether oxygens (including phenoxy) is 1. The molecule has 2 amide bonds. The first-order chi connectivity index (χ1) is 9.99. The van der Waals surface area contributed by atoms with Gasteiger partial charge in [-0.2, -0.15) is 0 Å². The van der Waals surface area contributed by atoms with Crippen LogP contribution in [0.2, 0.25) is 0 Å². The number of methoxy groups -OCH3 is 1. The van der Waals surface area contributed by atoms with E-state index in [9.17, 15) is 14.4 Å². The molecule has 0 N–H and O–H groups in total. The first kappa shape index (κ1) is 15.1. The van der Waals surface area contributed by atoms with Crippen molar-refractivity contribution < 1.29 is 23.5 Å². The molecule has 7 nitrogen and oxygen atoms in total. The van der Waals surface area contributed by atoms with E-state index in [1.807, 2.05) is 6.92 Å². The molecule has 1 fully saturated rings. The molecule has 0 radical (unpaired) electrons. The summed E-state index contributed by atoms with van der Waals surface area (Å²) in [5.41, 5.74) is 0. The lowest BCUT2D eigenvalue weighted by molar-refractivity contribution is -0.157. The SMILES string of the molecule is CCN1CCN(C(C)c2ccc(C(=O)OC)o2)C(=O)C1=O. The highest BCUT2D eigenvalue weighted by molar-refractivity contribution is 6.35. The fourth-order valence-corrected chi connectivity index (χ4v) is 2.30. The number of hydrogen-bond acceptors (Lipinski definition) is 5. The van der Waals surface area contributed by atoms with Gasteiger partial charge in [-0.1, -0.05) is 0 Å². The molecule has 2 rings (SSSR count). The van der Waals surface area contributed by atoms with Crippen LogP contribution in [0.5, 0.6) is 0 Å². The third-order valence-electron chi connectivity index (χ3n) is 3.62. The minimum absolute atomic E-state index is 0.0744. The van der Waals surface area contributed by atoms with Crippen molar-refractivity contribution in [1.29, 1.82) is 0 Å². The normalized spacial score (nSPS) is 17.1. The van der Waals surface area contributed by atoms with Crippen molar-refractivity contribution in [2.45, 2.75) is 19.9 Å². The molecule has 1 aromatic heterocycles. The van der Waals surface area contributed by atoms with Crippen molar-refractivity contribution in [3.8, 4) is 0 Å². The Bertz CT molecular complexity index is 565. The van der Waals surface area contributed by atoms with E-state index in [0.717, 1.165) is 0 Å². The molecular weight excluding hydrogens is 276 g/mol. The number of furan rings is 1. The number of nitrogens with zero attached hydrogens (tertiary/aromatic N) is 2. The van der Waals surface area contributed by atoms with E-state index < -0.39 is 23.8 Å². The van der Waals surface area contributed by atoms with Gasteiger partial charge in [-0.25, -0.2) is 4.79 Å². The van der Waals surface area contributed by atoms with Crippen LogP contribution in [0.1, 0.15) is 36.2 Å². The average Bonchev–Trinajstić information content (AvgIpc) is 2.98. The number of esters is 1. The maximum Gasteiger partial charge on any atom is 0.373 e. The van der Waals surface area contributed by atoms with Gasteiger partial charge < -0.3 is 19.0 Å². The molecule has 7 heteroatoms. The zero-order valence-corrected chi connectivity index (χ0v) is 12.3. The Morgan fingerprint density at radius 1 is 1.33 bits per heavy atom. The van der Waals surface area contributed by atoms with Crippen LogP contribution in [-0.4, -0.2) is 54.3 Å². The van der Waals surface area contributed by atoms with E-state index in [4.69, 9.17) is 4.42 Å². The van der Waals surface area contributed by atoms with Crippen molar-refractivity contribution in [3.63, 3.8) is 0 Å². The van der Waals surface area contributed by atoms with Gasteiger partial charge in [0, 0.05) is 19.6 Å². The summed E-state index contributed by atoms with van der Waals surface area (Å²) in [6, 6.07) is 2.69. The fourth-order valence-electron chi connectivity index (χ4n) is 2.30. The van der Waals surface area contributed by atoms with Gasteiger partial charge in [0.05, 0.1) is 13.2 Å². The Morgan fingerprint density at radius 2 is 2.05 bits per heavy atom. The summed E-state index contributed by atoms with van der Waals surface area (Å²) in [6.45, 7) is 5.04. The Morgan fingerprint density at radius 3 is 2.67 bits per heavy atom. The van der Waals surface area contributed by atoms with Crippen LogP contribution in [0.15, 0.2) is 16.5 Å². The standard InChI is InChI=1S/C14H18N2O5/c1-4-15-7-8-16(13(18)12(15)17)9(2)10-5-6-11(21-10)14(19)20-3/h5-6,9H,4,7-8H2,1-3H3. The van der Waals surface area contributed by atoms with Crippen LogP contribution >= 0.6 is 0 Å². The molecule has 1 atom stereocenters. The summed E-state index contributed by atoms with van der Waals surface area (Å²) in [5, 5.41) is 0. The topological polar surface area (TPSA) is 80.1 Å². The number of carbonyl (C=O) groups is 3. The average molecular weight is 294 g/mol. The lowest BCUT2D eigenvalue weighted by Crippen LogP contribution is -2.54. The second kappa shape index (κ2) is 5.99. The van der Waals surface area contributed by atoms with Gasteiger partial charge in [-0.05, 0) is 26.0 Å². The van der Waals surface area contributed by atoms with Gasteiger partial charge in [0.2, 0.25) is 5.76 Å². The van der Waals surface area contributed by atoms with Crippen molar-refractivity contribution in [2.24, 2.45) is 0 Å². The van der Waals surface area contributed by atoms with Crippen LogP contribution in [0.25, 0.3) is 0 Å². The smallest absolute Gasteiger partial charge is 0.373 e. The van der Waals surface area contributed by atoms with E-state index in [1.54, 1.807) is 13.0 Å². The van der Waals surface area contributed by atoms with E-state index in [2.05, 4.69) is 4.74 Å². The molecule has 1 saturated heterocycles. The molecule has 1 aliphatic rings. The highest BCUT2D eigenvalue weighted by Crippen LogP contribution is 2.24. The lowest BCUT2D eigenvalue weighted by Gasteiger charge is -2.35. The third-order valence-corrected chi connectivity index (χ3v) is 3.62. The summed E-state index contributed by atoms with van der Waals surface area (Å²) in [6.07, 6.45) is 0. The predicted octanol–water partition coefficient (Wildman–Crippen LogP) is 0.818. The number of likely N-dealkylation sites (N-methyl/N-ethyl adjacent to an activating group) is 1. The fraction of sp³-hybridized carbons (Fsp3) is 0.500. The molecule has 1 unspecified atom stereocenters. The van der Waals surface area contributed by atoms with Crippen molar-refractivity contribution >= 4 is 17.8 Å². The quantitative estimate of drug-likeness (QED) is 0.606. The number of hydrogen-bond donors (Lipinski definition) is 0. The molecule has 0 bridgehead atoms. The molecular formula is C14H18N2O5. The highest BCUT2D eigenvalue weighted by Gasteiger charge is 2.35.